The summed E-state index contributed by atoms with van der Waals surface area (Å²) >= 11 is 0. The van der Waals surface area contributed by atoms with E-state index in [1.54, 1.807) is 0 Å². The lowest BCUT2D eigenvalue weighted by Crippen LogP contribution is -2.55. The van der Waals surface area contributed by atoms with Crippen molar-refractivity contribution in [2.24, 2.45) is 5.73 Å². The number of rotatable bonds is 2. The first-order valence-electron chi connectivity index (χ1n) is 5.18. The minimum atomic E-state index is 0.693. The van der Waals surface area contributed by atoms with Crippen LogP contribution in [0.3, 0.4) is 0 Å². The molecule has 2 atom stereocenters. The fraction of sp³-hybridized carbons (Fsp3) is 0.800. The number of piperidine rings is 1. The van der Waals surface area contributed by atoms with Gasteiger partial charge in [-0.05, 0) is 19.4 Å². The highest BCUT2D eigenvalue weighted by Gasteiger charge is 2.30. The Morgan fingerprint density at radius 3 is 3.15 bits per heavy atom. The molecular weight excluding hydrogens is 162 g/mol. The second-order valence-electron chi connectivity index (χ2n) is 4.08. The Labute approximate surface area is 80.2 Å². The van der Waals surface area contributed by atoms with Crippen LogP contribution in [0.5, 0.6) is 0 Å². The number of hydrogen-bond donors (Lipinski definition) is 1. The molecule has 0 aromatic rings. The molecule has 0 amide bonds. The van der Waals surface area contributed by atoms with E-state index in [9.17, 15) is 0 Å². The van der Waals surface area contributed by atoms with Gasteiger partial charge < -0.3 is 10.6 Å². The summed E-state index contributed by atoms with van der Waals surface area (Å²) < 4.78 is 0. The number of nitrogens with two attached hydrogens (primary N) is 1. The molecule has 2 unspecified atom stereocenters. The van der Waals surface area contributed by atoms with Crippen LogP contribution < -0.4 is 5.73 Å². The van der Waals surface area contributed by atoms with Crippen LogP contribution in [0.25, 0.3) is 0 Å². The fourth-order valence-electron chi connectivity index (χ4n) is 2.52. The van der Waals surface area contributed by atoms with Crippen LogP contribution in [0.2, 0.25) is 0 Å². The summed E-state index contributed by atoms with van der Waals surface area (Å²) in [7, 11) is 0. The highest BCUT2D eigenvalue weighted by atomic mass is 15.3. The van der Waals surface area contributed by atoms with Gasteiger partial charge in [0, 0.05) is 37.9 Å². The summed E-state index contributed by atoms with van der Waals surface area (Å²) in [5.41, 5.74) is 6.86. The Morgan fingerprint density at radius 1 is 1.54 bits per heavy atom. The highest BCUT2D eigenvalue weighted by molar-refractivity contribution is 5.06. The lowest BCUT2D eigenvalue weighted by atomic mass is 10.00. The third kappa shape index (κ3) is 1.71. The summed E-state index contributed by atoms with van der Waals surface area (Å²) in [6.07, 6.45) is 2.65. The zero-order valence-corrected chi connectivity index (χ0v) is 8.21. The molecule has 2 N–H and O–H groups in total. The van der Waals surface area contributed by atoms with Gasteiger partial charge in [0.1, 0.15) is 0 Å². The van der Waals surface area contributed by atoms with Crippen LogP contribution in [0.4, 0.5) is 0 Å². The zero-order valence-electron chi connectivity index (χ0n) is 8.21. The summed E-state index contributed by atoms with van der Waals surface area (Å²) in [5.74, 6) is 0. The predicted molar refractivity (Wildman–Crippen MR) is 54.4 cm³/mol. The van der Waals surface area contributed by atoms with Gasteiger partial charge in [0.25, 0.3) is 0 Å². The van der Waals surface area contributed by atoms with Crippen molar-refractivity contribution in [2.45, 2.75) is 18.9 Å². The molecule has 74 valence electrons. The molecule has 0 saturated carbocycles. The average molecular weight is 181 g/mol. The standard InChI is InChI=1S/C10H19N3/c1-9-7-12-5-2-3-10(8-12)13(9)6-4-11/h10H,1-8,11H2. The molecule has 2 saturated heterocycles. The Kier molecular flexibility index (Phi) is 2.56. The fourth-order valence-corrected chi connectivity index (χ4v) is 2.52. The maximum absolute atomic E-state index is 5.59. The summed E-state index contributed by atoms with van der Waals surface area (Å²) in [6, 6.07) is 0.693. The number of hydrogen-bond acceptors (Lipinski definition) is 3. The van der Waals surface area contributed by atoms with Gasteiger partial charge in [-0.15, -0.1) is 0 Å². The monoisotopic (exact) mass is 181 g/mol. The van der Waals surface area contributed by atoms with E-state index in [0.717, 1.165) is 19.6 Å². The van der Waals surface area contributed by atoms with E-state index in [0.29, 0.717) is 6.04 Å². The Hall–Kier alpha value is -0.540. The molecule has 0 radical (unpaired) electrons. The van der Waals surface area contributed by atoms with Gasteiger partial charge in [-0.3, -0.25) is 4.90 Å². The third-order valence-electron chi connectivity index (χ3n) is 3.10. The quantitative estimate of drug-likeness (QED) is 0.662. The Bertz CT molecular complexity index is 202. The molecule has 3 nitrogen and oxygen atoms in total. The molecule has 0 spiro atoms. The molecule has 2 aliphatic rings. The number of fused-ring (bicyclic) bond motifs is 2. The molecule has 2 fully saturated rings. The van der Waals surface area contributed by atoms with Crippen LogP contribution in [0.1, 0.15) is 12.8 Å². The molecule has 0 aliphatic carbocycles. The molecule has 0 aromatic heterocycles. The van der Waals surface area contributed by atoms with Crippen molar-refractivity contribution >= 4 is 0 Å². The van der Waals surface area contributed by atoms with E-state index in [1.165, 1.54) is 31.6 Å². The minimum Gasteiger partial charge on any atom is -0.369 e. The van der Waals surface area contributed by atoms with Gasteiger partial charge in [0.2, 0.25) is 0 Å². The number of piperazine rings is 1. The van der Waals surface area contributed by atoms with Crippen molar-refractivity contribution in [3.63, 3.8) is 0 Å². The van der Waals surface area contributed by atoms with E-state index in [1.807, 2.05) is 0 Å². The molecule has 2 aliphatic heterocycles. The summed E-state index contributed by atoms with van der Waals surface area (Å²) in [5, 5.41) is 0. The van der Waals surface area contributed by atoms with Gasteiger partial charge >= 0.3 is 0 Å². The predicted octanol–water partition coefficient (Wildman–Crippen LogP) is 0.239. The second kappa shape index (κ2) is 3.68. The molecule has 3 heteroatoms. The van der Waals surface area contributed by atoms with Gasteiger partial charge in [0.15, 0.2) is 0 Å². The van der Waals surface area contributed by atoms with Crippen molar-refractivity contribution < 1.29 is 0 Å². The first-order chi connectivity index (χ1) is 6.31. The van der Waals surface area contributed by atoms with E-state index in [-0.39, 0.29) is 0 Å². The lowest BCUT2D eigenvalue weighted by Gasteiger charge is -2.47. The van der Waals surface area contributed by atoms with Gasteiger partial charge in [0.05, 0.1) is 0 Å². The topological polar surface area (TPSA) is 32.5 Å². The van der Waals surface area contributed by atoms with Crippen molar-refractivity contribution in [1.29, 1.82) is 0 Å². The van der Waals surface area contributed by atoms with Gasteiger partial charge in [-0.25, -0.2) is 0 Å². The van der Waals surface area contributed by atoms with Gasteiger partial charge in [-0.1, -0.05) is 6.58 Å². The minimum absolute atomic E-state index is 0.693. The highest BCUT2D eigenvalue weighted by Crippen LogP contribution is 2.24. The Balaban J connectivity index is 2.04. The zero-order chi connectivity index (χ0) is 9.26. The van der Waals surface area contributed by atoms with Crippen molar-refractivity contribution in [2.75, 3.05) is 32.7 Å². The van der Waals surface area contributed by atoms with Crippen LogP contribution in [0, 0.1) is 0 Å². The molecular formula is C10H19N3. The molecule has 2 rings (SSSR count). The first-order valence-corrected chi connectivity index (χ1v) is 5.18. The second-order valence-corrected chi connectivity index (χ2v) is 4.08. The Morgan fingerprint density at radius 2 is 2.38 bits per heavy atom. The third-order valence-corrected chi connectivity index (χ3v) is 3.10. The first kappa shape index (κ1) is 9.03. The van der Waals surface area contributed by atoms with Crippen LogP contribution in [0.15, 0.2) is 12.3 Å². The smallest absolute Gasteiger partial charge is 0.0415 e. The summed E-state index contributed by atoms with van der Waals surface area (Å²) in [6.45, 7) is 9.38. The number of nitrogens with zero attached hydrogens (tertiary/aromatic N) is 2. The van der Waals surface area contributed by atoms with E-state index >= 15 is 0 Å². The largest absolute Gasteiger partial charge is 0.369 e. The van der Waals surface area contributed by atoms with E-state index in [4.69, 9.17) is 5.73 Å². The maximum Gasteiger partial charge on any atom is 0.0415 e. The van der Waals surface area contributed by atoms with E-state index < -0.39 is 0 Å². The van der Waals surface area contributed by atoms with Gasteiger partial charge in [-0.2, -0.15) is 0 Å². The van der Waals surface area contributed by atoms with Crippen molar-refractivity contribution in [3.05, 3.63) is 12.3 Å². The molecule has 2 bridgehead atoms. The van der Waals surface area contributed by atoms with E-state index in [2.05, 4.69) is 16.4 Å². The molecule has 13 heavy (non-hydrogen) atoms. The maximum atomic E-state index is 5.59. The SMILES string of the molecule is C=C1CN2CCCC(C2)N1CCN. The van der Waals surface area contributed by atoms with Crippen molar-refractivity contribution in [1.82, 2.24) is 9.80 Å². The normalized spacial score (nSPS) is 33.6. The average Bonchev–Trinajstić information content (AvgIpc) is 2.12. The lowest BCUT2D eigenvalue weighted by molar-refractivity contribution is 0.0784. The molecule has 0 aromatic carbocycles. The van der Waals surface area contributed by atoms with Crippen LogP contribution in [-0.2, 0) is 0 Å². The molecule has 2 heterocycles. The summed E-state index contributed by atoms with van der Waals surface area (Å²) in [4.78, 5) is 4.92. The van der Waals surface area contributed by atoms with Crippen molar-refractivity contribution in [3.8, 4) is 0 Å². The van der Waals surface area contributed by atoms with Crippen LogP contribution in [-0.4, -0.2) is 48.6 Å². The van der Waals surface area contributed by atoms with Crippen LogP contribution >= 0.6 is 0 Å².